The number of rotatable bonds is 4. The summed E-state index contributed by atoms with van der Waals surface area (Å²) in [5, 5.41) is 0.740. The molecule has 0 aliphatic rings. The molecule has 15 heteroatoms. The Kier molecular flexibility index (Phi) is 7.59. The van der Waals surface area contributed by atoms with Gasteiger partial charge >= 0.3 is 69.2 Å². The molecule has 0 radical (unpaired) electrons. The Morgan fingerprint density at radius 1 is 0.645 bits per heavy atom. The average Bonchev–Trinajstić information content (AvgIpc) is 2.63. The molecular formula is C16H9NNa2O9S3. The van der Waals surface area contributed by atoms with Gasteiger partial charge in [0.15, 0.2) is 0 Å². The van der Waals surface area contributed by atoms with Crippen molar-refractivity contribution in [3.8, 4) is 0 Å². The fourth-order valence-corrected chi connectivity index (χ4v) is 7.18. The second kappa shape index (κ2) is 8.76. The summed E-state index contributed by atoms with van der Waals surface area (Å²) < 4.78 is 101. The van der Waals surface area contributed by atoms with Gasteiger partial charge in [-0.05, 0) is 16.2 Å². The number of nitrogens with two attached hydrogens (primary N) is 1. The first-order chi connectivity index (χ1) is 13.4. The Balaban J connectivity index is 0.00000171. The monoisotopic (exact) mass is 501 g/mol. The topological polar surface area (TPSA) is 184 Å². The van der Waals surface area contributed by atoms with Crippen LogP contribution in [-0.2, 0) is 34.6 Å². The van der Waals surface area contributed by atoms with Crippen LogP contribution in [0.2, 0.25) is 0 Å². The van der Waals surface area contributed by atoms with E-state index >= 15 is 0 Å². The molecule has 31 heavy (non-hydrogen) atoms. The molecule has 0 amide bonds. The minimum absolute atomic E-state index is 0. The minimum Gasteiger partial charge on any atom is -0.744 e. The summed E-state index contributed by atoms with van der Waals surface area (Å²) in [5.74, 6) is 4.77. The molecule has 0 spiro atoms. The smallest absolute Gasteiger partial charge is 0.744 e. The third kappa shape index (κ3) is 4.28. The van der Waals surface area contributed by atoms with Crippen LogP contribution in [0.4, 0.5) is 0 Å². The third-order valence-corrected chi connectivity index (χ3v) is 7.82. The van der Waals surface area contributed by atoms with E-state index in [0.717, 1.165) is 6.07 Å². The van der Waals surface area contributed by atoms with Gasteiger partial charge in [0.25, 0.3) is 0 Å². The molecular weight excluding hydrogens is 492 g/mol. The van der Waals surface area contributed by atoms with Gasteiger partial charge in [0, 0.05) is 16.2 Å². The molecule has 0 aliphatic carbocycles. The summed E-state index contributed by atoms with van der Waals surface area (Å²) in [6.45, 7) is 0. The predicted molar refractivity (Wildman–Crippen MR) is 98.5 cm³/mol. The number of hydrogen-bond donors (Lipinski definition) is 1. The first-order valence-electron chi connectivity index (χ1n) is 7.66. The zero-order valence-electron chi connectivity index (χ0n) is 16.0. The van der Waals surface area contributed by atoms with Crippen molar-refractivity contribution >= 4 is 62.7 Å². The Hall–Kier alpha value is -0.390. The Morgan fingerprint density at radius 3 is 1.52 bits per heavy atom. The van der Waals surface area contributed by atoms with Gasteiger partial charge < -0.3 is 9.11 Å². The summed E-state index contributed by atoms with van der Waals surface area (Å²) in [5.41, 5.74) is 0. The second-order valence-electron chi connectivity index (χ2n) is 6.13. The van der Waals surface area contributed by atoms with Gasteiger partial charge in [-0.2, -0.15) is 18.6 Å². The molecule has 0 saturated heterocycles. The van der Waals surface area contributed by atoms with Gasteiger partial charge in [-0.1, -0.05) is 42.5 Å². The van der Waals surface area contributed by atoms with Gasteiger partial charge in [-0.25, -0.2) is 16.8 Å². The van der Waals surface area contributed by atoms with Gasteiger partial charge in [-0.3, -0.25) is 0 Å². The standard InChI is InChI=1S/C16H11NO9S3.2Na/c17-26-29(24,25)15-11-7-5-9-3-1-2-8-4-6-10(13(11)12(8)9)14(27(18,19)20)16(15)28(21,22)23;;/h1-7H,17H2,(H,18,19,20)(H,21,22,23);;/q;2*+1/p-2. The maximum absolute atomic E-state index is 12.4. The molecule has 10 nitrogen and oxygen atoms in total. The van der Waals surface area contributed by atoms with Crippen LogP contribution >= 0.6 is 0 Å². The van der Waals surface area contributed by atoms with E-state index < -0.39 is 50.4 Å². The van der Waals surface area contributed by atoms with Crippen LogP contribution in [-0.4, -0.2) is 34.4 Å². The van der Waals surface area contributed by atoms with E-state index in [9.17, 15) is 34.4 Å². The van der Waals surface area contributed by atoms with E-state index in [1.165, 1.54) is 18.2 Å². The van der Waals surface area contributed by atoms with E-state index in [2.05, 4.69) is 4.28 Å². The van der Waals surface area contributed by atoms with Crippen LogP contribution < -0.4 is 65.0 Å². The number of hydrogen-bond acceptors (Lipinski definition) is 10. The largest absolute Gasteiger partial charge is 1.00 e. The van der Waals surface area contributed by atoms with Crippen LogP contribution in [0.5, 0.6) is 0 Å². The SMILES string of the molecule is NOS(=O)(=O)c1c(S(=O)(=O)[O-])c(S(=O)(=O)[O-])c2ccc3cccc4ccc1c2c34.[Na+].[Na+]. The second-order valence-corrected chi connectivity index (χ2v) is 10.3. The summed E-state index contributed by atoms with van der Waals surface area (Å²) in [6, 6.07) is 10.2. The Bertz CT molecular complexity index is 1640. The van der Waals surface area contributed by atoms with Crippen LogP contribution in [0.25, 0.3) is 32.3 Å². The van der Waals surface area contributed by atoms with Crippen molar-refractivity contribution in [1.82, 2.24) is 0 Å². The van der Waals surface area contributed by atoms with E-state index in [1.807, 2.05) is 0 Å². The molecule has 4 rings (SSSR count). The molecule has 0 bridgehead atoms. The van der Waals surface area contributed by atoms with Crippen molar-refractivity contribution in [2.45, 2.75) is 14.7 Å². The van der Waals surface area contributed by atoms with Gasteiger partial charge in [0.2, 0.25) is 0 Å². The molecule has 4 aromatic rings. The van der Waals surface area contributed by atoms with E-state index in [4.69, 9.17) is 5.90 Å². The van der Waals surface area contributed by atoms with E-state index in [-0.39, 0.29) is 69.9 Å². The van der Waals surface area contributed by atoms with Crippen molar-refractivity contribution in [2.24, 2.45) is 5.90 Å². The normalized spacial score (nSPS) is 12.7. The summed E-state index contributed by atoms with van der Waals surface area (Å²) in [6.07, 6.45) is 0. The molecule has 152 valence electrons. The minimum atomic E-state index is -5.77. The van der Waals surface area contributed by atoms with E-state index in [1.54, 1.807) is 18.2 Å². The van der Waals surface area contributed by atoms with E-state index in [0.29, 0.717) is 16.2 Å². The van der Waals surface area contributed by atoms with Crippen LogP contribution in [0.1, 0.15) is 0 Å². The average molecular weight is 501 g/mol. The zero-order chi connectivity index (χ0) is 21.4. The first kappa shape index (κ1) is 26.9. The summed E-state index contributed by atoms with van der Waals surface area (Å²) in [4.78, 5) is -4.48. The molecule has 0 fully saturated rings. The molecule has 2 N–H and O–H groups in total. The van der Waals surface area contributed by atoms with Crippen LogP contribution in [0.3, 0.4) is 0 Å². The molecule has 0 atom stereocenters. The van der Waals surface area contributed by atoms with Gasteiger partial charge in [0.1, 0.15) is 25.1 Å². The van der Waals surface area contributed by atoms with Crippen molar-refractivity contribution in [3.05, 3.63) is 42.5 Å². The Labute approximate surface area is 221 Å². The maximum Gasteiger partial charge on any atom is 1.00 e. The first-order valence-corrected chi connectivity index (χ1v) is 11.9. The van der Waals surface area contributed by atoms with Crippen molar-refractivity contribution in [2.75, 3.05) is 0 Å². The molecule has 0 saturated carbocycles. The Morgan fingerprint density at radius 2 is 1.10 bits per heavy atom. The summed E-state index contributed by atoms with van der Waals surface area (Å²) >= 11 is 0. The quantitative estimate of drug-likeness (QED) is 0.123. The summed E-state index contributed by atoms with van der Waals surface area (Å²) in [7, 11) is -16.5. The molecule has 0 aliphatic heterocycles. The number of benzene rings is 4. The van der Waals surface area contributed by atoms with Crippen molar-refractivity contribution < 1.29 is 97.8 Å². The van der Waals surface area contributed by atoms with Crippen LogP contribution in [0.15, 0.2) is 57.2 Å². The fraction of sp³-hybridized carbons (Fsp3) is 0. The van der Waals surface area contributed by atoms with Gasteiger partial charge in [0.05, 0.1) is 9.79 Å². The predicted octanol–water partition coefficient (Wildman–Crippen LogP) is -5.02. The van der Waals surface area contributed by atoms with Crippen molar-refractivity contribution in [3.63, 3.8) is 0 Å². The van der Waals surface area contributed by atoms with Crippen molar-refractivity contribution in [1.29, 1.82) is 0 Å². The molecule has 4 aromatic carbocycles. The molecule has 0 heterocycles. The molecule has 0 aromatic heterocycles. The zero-order valence-corrected chi connectivity index (χ0v) is 22.5. The fourth-order valence-electron chi connectivity index (χ4n) is 3.58. The molecule has 0 unspecified atom stereocenters. The van der Waals surface area contributed by atoms with Gasteiger partial charge in [-0.15, -0.1) is 0 Å². The van der Waals surface area contributed by atoms with Crippen LogP contribution in [0, 0.1) is 0 Å². The third-order valence-electron chi connectivity index (χ3n) is 4.56. The maximum atomic E-state index is 12.4.